The second-order valence-corrected chi connectivity index (χ2v) is 7.55. The Kier molecular flexibility index (Phi) is 3.61. The molecule has 0 N–H and O–H groups in total. The number of carbonyl (C=O) groups is 1. The van der Waals surface area contributed by atoms with Crippen molar-refractivity contribution in [2.45, 2.75) is 29.9 Å². The van der Waals surface area contributed by atoms with Crippen molar-refractivity contribution >= 4 is 17.5 Å². The maximum absolute atomic E-state index is 13.6. The van der Waals surface area contributed by atoms with Crippen molar-refractivity contribution in [2.75, 3.05) is 0 Å². The van der Waals surface area contributed by atoms with Crippen molar-refractivity contribution in [3.8, 4) is 5.69 Å². The number of nitrogens with zero attached hydrogens (tertiary/aromatic N) is 1. The molecule has 1 aliphatic heterocycles. The molecule has 2 heterocycles. The molecule has 0 fully saturated rings. The lowest BCUT2D eigenvalue weighted by Crippen LogP contribution is -2.32. The van der Waals surface area contributed by atoms with Crippen LogP contribution in [0.1, 0.15) is 35.0 Å². The van der Waals surface area contributed by atoms with Gasteiger partial charge in [-0.15, -0.1) is 11.8 Å². The summed E-state index contributed by atoms with van der Waals surface area (Å²) in [5.74, 6) is 0.181. The quantitative estimate of drug-likeness (QED) is 0.628. The van der Waals surface area contributed by atoms with Crippen LogP contribution in [0.4, 0.5) is 0 Å². The van der Waals surface area contributed by atoms with Crippen molar-refractivity contribution in [2.24, 2.45) is 0 Å². The van der Waals surface area contributed by atoms with E-state index in [9.17, 15) is 4.79 Å². The van der Waals surface area contributed by atoms with E-state index < -0.39 is 4.75 Å². The van der Waals surface area contributed by atoms with Gasteiger partial charge in [0.25, 0.3) is 0 Å². The first-order chi connectivity index (χ1) is 11.7. The number of hydrogen-bond donors (Lipinski definition) is 0. The third-order valence-electron chi connectivity index (χ3n) is 4.74. The molecule has 1 aliphatic rings. The van der Waals surface area contributed by atoms with E-state index in [1.165, 1.54) is 5.56 Å². The fourth-order valence-electron chi connectivity index (χ4n) is 3.45. The van der Waals surface area contributed by atoms with Crippen LogP contribution in [0.2, 0.25) is 0 Å². The number of rotatable bonds is 2. The third-order valence-corrected chi connectivity index (χ3v) is 6.37. The molecule has 0 saturated carbocycles. The second kappa shape index (κ2) is 5.67. The van der Waals surface area contributed by atoms with Gasteiger partial charge in [-0.25, -0.2) is 0 Å². The normalized spacial score (nSPS) is 19.5. The number of fused-ring (bicyclic) bond motifs is 3. The summed E-state index contributed by atoms with van der Waals surface area (Å²) in [6.45, 7) is 4.19. The Morgan fingerprint density at radius 2 is 1.83 bits per heavy atom. The van der Waals surface area contributed by atoms with Gasteiger partial charge in [0, 0.05) is 11.1 Å². The van der Waals surface area contributed by atoms with E-state index in [1.807, 2.05) is 41.1 Å². The smallest absolute Gasteiger partial charge is 0.200 e. The van der Waals surface area contributed by atoms with Crippen LogP contribution in [0.3, 0.4) is 0 Å². The SMILES string of the molecule is CC[C@]1(c2ccccc2)Sc2ccc(C)cc2-n2cccc2C1=O. The van der Waals surface area contributed by atoms with Crippen LogP contribution >= 0.6 is 11.8 Å². The van der Waals surface area contributed by atoms with Gasteiger partial charge in [-0.2, -0.15) is 0 Å². The number of aryl methyl sites for hydroxylation is 1. The van der Waals surface area contributed by atoms with Crippen LogP contribution in [-0.4, -0.2) is 10.4 Å². The topological polar surface area (TPSA) is 22.0 Å². The molecule has 0 unspecified atom stereocenters. The molecule has 1 aromatic heterocycles. The number of ketones is 1. The molecular formula is C21H19NOS. The first-order valence-electron chi connectivity index (χ1n) is 8.23. The van der Waals surface area contributed by atoms with Gasteiger partial charge in [-0.1, -0.05) is 43.3 Å². The average molecular weight is 333 g/mol. The summed E-state index contributed by atoms with van der Waals surface area (Å²) in [7, 11) is 0. The Morgan fingerprint density at radius 3 is 2.58 bits per heavy atom. The van der Waals surface area contributed by atoms with E-state index in [0.717, 1.165) is 28.3 Å². The summed E-state index contributed by atoms with van der Waals surface area (Å²) >= 11 is 1.69. The van der Waals surface area contributed by atoms with E-state index in [4.69, 9.17) is 0 Å². The Balaban J connectivity index is 2.02. The van der Waals surface area contributed by atoms with E-state index in [-0.39, 0.29) is 5.78 Å². The lowest BCUT2D eigenvalue weighted by Gasteiger charge is -2.29. The minimum Gasteiger partial charge on any atom is -0.313 e. The van der Waals surface area contributed by atoms with Crippen molar-refractivity contribution in [1.82, 2.24) is 4.57 Å². The van der Waals surface area contributed by atoms with E-state index in [2.05, 4.69) is 44.2 Å². The molecule has 4 rings (SSSR count). The molecule has 0 bridgehead atoms. The van der Waals surface area contributed by atoms with Gasteiger partial charge in [0.2, 0.25) is 0 Å². The predicted molar refractivity (Wildman–Crippen MR) is 99.1 cm³/mol. The van der Waals surface area contributed by atoms with E-state index in [0.29, 0.717) is 0 Å². The van der Waals surface area contributed by atoms with Gasteiger partial charge < -0.3 is 4.57 Å². The van der Waals surface area contributed by atoms with E-state index in [1.54, 1.807) is 11.8 Å². The van der Waals surface area contributed by atoms with Crippen LogP contribution in [-0.2, 0) is 4.75 Å². The number of carbonyl (C=O) groups excluding carboxylic acids is 1. The predicted octanol–water partition coefficient (Wildman–Crippen LogP) is 5.38. The summed E-state index contributed by atoms with van der Waals surface area (Å²) in [4.78, 5) is 14.7. The third kappa shape index (κ3) is 2.15. The highest BCUT2D eigenvalue weighted by molar-refractivity contribution is 8.01. The largest absolute Gasteiger partial charge is 0.313 e. The van der Waals surface area contributed by atoms with Crippen molar-refractivity contribution in [3.63, 3.8) is 0 Å². The summed E-state index contributed by atoms with van der Waals surface area (Å²) in [5, 5.41) is 0. The number of benzene rings is 2. The molecule has 0 radical (unpaired) electrons. The van der Waals surface area contributed by atoms with Crippen LogP contribution in [0.25, 0.3) is 5.69 Å². The Bertz CT molecular complexity index is 913. The fourth-order valence-corrected chi connectivity index (χ4v) is 4.82. The van der Waals surface area contributed by atoms with Crippen molar-refractivity contribution in [1.29, 1.82) is 0 Å². The maximum Gasteiger partial charge on any atom is 0.200 e. The highest BCUT2D eigenvalue weighted by Crippen LogP contribution is 2.50. The zero-order valence-corrected chi connectivity index (χ0v) is 14.6. The van der Waals surface area contributed by atoms with E-state index >= 15 is 0 Å². The van der Waals surface area contributed by atoms with Crippen LogP contribution in [0.5, 0.6) is 0 Å². The lowest BCUT2D eigenvalue weighted by molar-refractivity contribution is 0.0933. The Morgan fingerprint density at radius 1 is 1.04 bits per heavy atom. The molecule has 0 aliphatic carbocycles. The van der Waals surface area contributed by atoms with Gasteiger partial charge in [-0.05, 0) is 48.7 Å². The first kappa shape index (κ1) is 15.3. The highest BCUT2D eigenvalue weighted by atomic mass is 32.2. The summed E-state index contributed by atoms with van der Waals surface area (Å²) < 4.78 is 1.45. The van der Waals surface area contributed by atoms with Gasteiger partial charge in [0.1, 0.15) is 4.75 Å². The van der Waals surface area contributed by atoms with Gasteiger partial charge in [0.05, 0.1) is 11.4 Å². The molecule has 120 valence electrons. The lowest BCUT2D eigenvalue weighted by atomic mass is 9.89. The van der Waals surface area contributed by atoms with Gasteiger partial charge >= 0.3 is 0 Å². The molecule has 0 saturated heterocycles. The molecule has 0 spiro atoms. The average Bonchev–Trinajstić information content (AvgIpc) is 3.07. The zero-order valence-electron chi connectivity index (χ0n) is 13.8. The fraction of sp³-hybridized carbons (Fsp3) is 0.190. The number of hydrogen-bond acceptors (Lipinski definition) is 2. The Labute approximate surface area is 146 Å². The molecule has 0 amide bonds. The van der Waals surface area contributed by atoms with Crippen LogP contribution in [0.15, 0.2) is 71.8 Å². The zero-order chi connectivity index (χ0) is 16.7. The van der Waals surface area contributed by atoms with Crippen molar-refractivity contribution in [3.05, 3.63) is 83.7 Å². The molecule has 2 nitrogen and oxygen atoms in total. The monoisotopic (exact) mass is 333 g/mol. The van der Waals surface area contributed by atoms with Gasteiger partial charge in [0.15, 0.2) is 5.78 Å². The van der Waals surface area contributed by atoms with Crippen LogP contribution < -0.4 is 0 Å². The molecule has 2 aromatic carbocycles. The number of aromatic nitrogens is 1. The summed E-state index contributed by atoms with van der Waals surface area (Å²) in [6.07, 6.45) is 2.74. The summed E-state index contributed by atoms with van der Waals surface area (Å²) in [6, 6.07) is 20.5. The number of Topliss-reactive ketones (excluding diaryl/α,β-unsaturated/α-hetero) is 1. The first-order valence-corrected chi connectivity index (χ1v) is 9.05. The summed E-state index contributed by atoms with van der Waals surface area (Å²) in [5.41, 5.74) is 4.13. The highest BCUT2D eigenvalue weighted by Gasteiger charge is 2.43. The minimum atomic E-state index is -0.585. The second-order valence-electron chi connectivity index (χ2n) is 6.21. The van der Waals surface area contributed by atoms with Gasteiger partial charge in [-0.3, -0.25) is 4.79 Å². The minimum absolute atomic E-state index is 0.181. The Hall–Kier alpha value is -2.26. The maximum atomic E-state index is 13.6. The standard InChI is InChI=1S/C21H19NOS/c1-3-21(16-8-5-4-6-9-16)20(23)17-10-7-13-22(17)18-14-15(2)11-12-19(18)24-21/h4-14H,3H2,1-2H3/t21-/m1/s1. The van der Waals surface area contributed by atoms with Crippen LogP contribution in [0, 0.1) is 6.92 Å². The molecule has 1 atom stereocenters. The van der Waals surface area contributed by atoms with Crippen molar-refractivity contribution < 1.29 is 4.79 Å². The molecule has 3 heteroatoms. The molecule has 3 aromatic rings. The number of thioether (sulfide) groups is 1. The molecule has 24 heavy (non-hydrogen) atoms. The molecular weight excluding hydrogens is 314 g/mol.